The van der Waals surface area contributed by atoms with E-state index >= 15 is 0 Å². The number of amides is 3. The lowest BCUT2D eigenvalue weighted by molar-refractivity contribution is -0.118. The first-order valence-corrected chi connectivity index (χ1v) is 12.6. The van der Waals surface area contributed by atoms with Gasteiger partial charge in [0, 0.05) is 25.1 Å². The summed E-state index contributed by atoms with van der Waals surface area (Å²) in [4.78, 5) is 42.2. The van der Waals surface area contributed by atoms with Crippen molar-refractivity contribution in [2.75, 3.05) is 23.0 Å². The average molecular weight is 492 g/mol. The van der Waals surface area contributed by atoms with Crippen LogP contribution in [0.2, 0.25) is 0 Å². The van der Waals surface area contributed by atoms with Gasteiger partial charge in [-0.3, -0.25) is 19.3 Å². The number of nitrogens with zero attached hydrogens (tertiary/aromatic N) is 6. The van der Waals surface area contributed by atoms with E-state index in [2.05, 4.69) is 20.8 Å². The van der Waals surface area contributed by atoms with E-state index in [4.69, 9.17) is 0 Å². The lowest BCUT2D eigenvalue weighted by Gasteiger charge is -2.48. The van der Waals surface area contributed by atoms with Crippen LogP contribution in [-0.2, 0) is 9.59 Å². The molecular formula is C24H25N7O3S. The van der Waals surface area contributed by atoms with E-state index in [0.717, 1.165) is 5.69 Å². The molecule has 2 aromatic carbocycles. The molecule has 35 heavy (non-hydrogen) atoms. The molecule has 1 aromatic heterocycles. The second-order valence-corrected chi connectivity index (χ2v) is 9.47. The van der Waals surface area contributed by atoms with Gasteiger partial charge < -0.3 is 10.2 Å². The third-order valence-corrected chi connectivity index (χ3v) is 7.15. The molecule has 0 saturated carbocycles. The third kappa shape index (κ3) is 4.05. The lowest BCUT2D eigenvalue weighted by atomic mass is 9.98. The number of hydrogen-bond acceptors (Lipinski definition) is 7. The first kappa shape index (κ1) is 23.0. The van der Waals surface area contributed by atoms with Crippen LogP contribution in [0.4, 0.5) is 11.4 Å². The van der Waals surface area contributed by atoms with Crippen LogP contribution in [-0.4, -0.2) is 61.3 Å². The van der Waals surface area contributed by atoms with E-state index in [0.29, 0.717) is 47.9 Å². The van der Waals surface area contributed by atoms with Gasteiger partial charge in [-0.15, -0.1) is 5.10 Å². The van der Waals surface area contributed by atoms with E-state index < -0.39 is 5.66 Å². The molecule has 3 amide bonds. The highest BCUT2D eigenvalue weighted by Gasteiger charge is 2.52. The summed E-state index contributed by atoms with van der Waals surface area (Å²) in [6, 6.07) is 14.5. The summed E-state index contributed by atoms with van der Waals surface area (Å²) >= 11 is 1.43. The number of thioether (sulfide) groups is 1. The Hall–Kier alpha value is -3.73. The predicted molar refractivity (Wildman–Crippen MR) is 131 cm³/mol. The first-order valence-electron chi connectivity index (χ1n) is 11.4. The number of hydrogen-bond donors (Lipinski definition) is 1. The standard InChI is InChI=1S/C24H25N7O3S/c1-24-13-12-21(33)30(24)19-10-4-3-9-18(19)22(34)29(24)14-6-11-20(32)25-16-7-5-8-17(15-16)31-23(35-2)26-27-28-31/h3-5,7-10,15H,6,11-14H2,1-2H3,(H,25,32). The maximum atomic E-state index is 13.3. The number of aromatic nitrogens is 4. The molecule has 3 aromatic rings. The SMILES string of the molecule is CSc1nnnn1-c1cccc(NC(=O)CCCN2C(=O)c3ccccc3N3C(=O)CCC23C)c1. The van der Waals surface area contributed by atoms with Crippen LogP contribution < -0.4 is 10.2 Å². The molecule has 1 N–H and O–H groups in total. The lowest BCUT2D eigenvalue weighted by Crippen LogP contribution is -2.62. The molecule has 1 unspecified atom stereocenters. The van der Waals surface area contributed by atoms with E-state index in [1.165, 1.54) is 11.8 Å². The summed E-state index contributed by atoms with van der Waals surface area (Å²) in [7, 11) is 0. The maximum Gasteiger partial charge on any atom is 0.257 e. The van der Waals surface area contributed by atoms with Crippen molar-refractivity contribution in [2.45, 2.75) is 43.4 Å². The molecule has 0 bridgehead atoms. The highest BCUT2D eigenvalue weighted by molar-refractivity contribution is 7.98. The Kier molecular flexibility index (Phi) is 6.01. The topological polar surface area (TPSA) is 113 Å². The van der Waals surface area contributed by atoms with Crippen LogP contribution in [0.5, 0.6) is 0 Å². The van der Waals surface area contributed by atoms with Crippen molar-refractivity contribution in [3.8, 4) is 5.69 Å². The number of carbonyl (C=O) groups is 3. The van der Waals surface area contributed by atoms with Crippen molar-refractivity contribution < 1.29 is 14.4 Å². The number of carbonyl (C=O) groups excluding carboxylic acids is 3. The summed E-state index contributed by atoms with van der Waals surface area (Å²) in [5, 5.41) is 15.2. The molecule has 1 fully saturated rings. The Morgan fingerprint density at radius 3 is 2.83 bits per heavy atom. The van der Waals surface area contributed by atoms with E-state index in [1.54, 1.807) is 32.7 Å². The van der Waals surface area contributed by atoms with Crippen molar-refractivity contribution in [2.24, 2.45) is 0 Å². The monoisotopic (exact) mass is 491 g/mol. The fourth-order valence-corrected chi connectivity index (χ4v) is 5.28. The molecule has 2 aliphatic heterocycles. The van der Waals surface area contributed by atoms with Crippen molar-refractivity contribution in [1.29, 1.82) is 0 Å². The number of tetrazole rings is 1. The van der Waals surface area contributed by atoms with E-state index in [1.807, 2.05) is 43.5 Å². The summed E-state index contributed by atoms with van der Waals surface area (Å²) < 4.78 is 1.61. The largest absolute Gasteiger partial charge is 0.326 e. The second kappa shape index (κ2) is 9.14. The van der Waals surface area contributed by atoms with Crippen LogP contribution in [0.15, 0.2) is 53.7 Å². The average Bonchev–Trinajstić information content (AvgIpc) is 3.46. The molecule has 3 heterocycles. The second-order valence-electron chi connectivity index (χ2n) is 8.70. The normalized spacial score (nSPS) is 19.0. The molecular weight excluding hydrogens is 466 g/mol. The summed E-state index contributed by atoms with van der Waals surface area (Å²) in [5.41, 5.74) is 1.86. The van der Waals surface area contributed by atoms with Crippen LogP contribution in [0.25, 0.3) is 5.69 Å². The van der Waals surface area contributed by atoms with Gasteiger partial charge in [0.2, 0.25) is 17.0 Å². The van der Waals surface area contributed by atoms with E-state index in [9.17, 15) is 14.4 Å². The molecule has 0 radical (unpaired) electrons. The molecule has 5 rings (SSSR count). The third-order valence-electron chi connectivity index (χ3n) is 6.53. The first-order chi connectivity index (χ1) is 16.9. The van der Waals surface area contributed by atoms with Gasteiger partial charge in [-0.25, -0.2) is 0 Å². The number of anilines is 2. The Balaban J connectivity index is 1.25. The smallest absolute Gasteiger partial charge is 0.257 e. The fourth-order valence-electron chi connectivity index (χ4n) is 4.85. The van der Waals surface area contributed by atoms with Gasteiger partial charge in [0.15, 0.2) is 0 Å². The number of rotatable bonds is 7. The molecule has 1 saturated heterocycles. The highest BCUT2D eigenvalue weighted by Crippen LogP contribution is 2.44. The minimum atomic E-state index is -0.714. The van der Waals surface area contributed by atoms with Gasteiger partial charge in [0.05, 0.1) is 16.9 Å². The zero-order valence-corrected chi connectivity index (χ0v) is 20.3. The van der Waals surface area contributed by atoms with Gasteiger partial charge in [-0.1, -0.05) is 30.0 Å². The molecule has 11 heteroatoms. The zero-order chi connectivity index (χ0) is 24.6. The number of benzene rings is 2. The van der Waals surface area contributed by atoms with Gasteiger partial charge in [-0.05, 0) is 66.8 Å². The molecule has 0 spiro atoms. The zero-order valence-electron chi connectivity index (χ0n) is 19.5. The Morgan fingerprint density at radius 2 is 2.00 bits per heavy atom. The van der Waals surface area contributed by atoms with Gasteiger partial charge in [0.1, 0.15) is 5.66 Å². The van der Waals surface area contributed by atoms with Crippen molar-refractivity contribution in [1.82, 2.24) is 25.1 Å². The summed E-state index contributed by atoms with van der Waals surface area (Å²) in [6.07, 6.45) is 3.56. The Morgan fingerprint density at radius 1 is 1.17 bits per heavy atom. The minimum Gasteiger partial charge on any atom is -0.326 e. The number of nitrogens with one attached hydrogen (secondary N) is 1. The maximum absolute atomic E-state index is 13.3. The van der Waals surface area contributed by atoms with Gasteiger partial charge in [0.25, 0.3) is 5.91 Å². The molecule has 180 valence electrons. The minimum absolute atomic E-state index is 0.0160. The van der Waals surface area contributed by atoms with Crippen molar-refractivity contribution in [3.05, 3.63) is 54.1 Å². The molecule has 0 aliphatic carbocycles. The van der Waals surface area contributed by atoms with E-state index in [-0.39, 0.29) is 24.1 Å². The van der Waals surface area contributed by atoms with Crippen LogP contribution >= 0.6 is 11.8 Å². The van der Waals surface area contributed by atoms with Gasteiger partial charge in [-0.2, -0.15) is 4.68 Å². The predicted octanol–water partition coefficient (Wildman–Crippen LogP) is 3.10. The van der Waals surface area contributed by atoms with Crippen LogP contribution in [0.3, 0.4) is 0 Å². The van der Waals surface area contributed by atoms with Crippen LogP contribution in [0, 0.1) is 0 Å². The quantitative estimate of drug-likeness (QED) is 0.505. The Labute approximate surface area is 206 Å². The van der Waals surface area contributed by atoms with Crippen molar-refractivity contribution >= 4 is 40.9 Å². The molecule has 2 aliphatic rings. The summed E-state index contributed by atoms with van der Waals surface area (Å²) in [5.74, 6) is -0.242. The van der Waals surface area contributed by atoms with Crippen LogP contribution in [0.1, 0.15) is 43.0 Å². The fraction of sp³-hybridized carbons (Fsp3) is 0.333. The highest BCUT2D eigenvalue weighted by atomic mass is 32.2. The summed E-state index contributed by atoms with van der Waals surface area (Å²) in [6.45, 7) is 2.31. The molecule has 10 nitrogen and oxygen atoms in total. The Bertz CT molecular complexity index is 1310. The van der Waals surface area contributed by atoms with Gasteiger partial charge >= 0.3 is 0 Å². The van der Waals surface area contributed by atoms with Crippen molar-refractivity contribution in [3.63, 3.8) is 0 Å². The molecule has 1 atom stereocenters. The number of para-hydroxylation sites is 1. The number of fused-ring (bicyclic) bond motifs is 3.